The number of amides is 1. The lowest BCUT2D eigenvalue weighted by Gasteiger charge is -2.17. The molecule has 0 saturated carbocycles. The summed E-state index contributed by atoms with van der Waals surface area (Å²) in [6.45, 7) is 1.77. The van der Waals surface area contributed by atoms with Gasteiger partial charge in [-0.3, -0.25) is 4.79 Å². The number of benzene rings is 1. The molecule has 1 fully saturated rings. The number of alkyl halides is 3. The minimum absolute atomic E-state index is 0.0374. The highest BCUT2D eigenvalue weighted by molar-refractivity contribution is 5.86. The minimum atomic E-state index is -4.42. The molecule has 1 atom stereocenters. The van der Waals surface area contributed by atoms with E-state index in [1.807, 2.05) is 0 Å². The Morgan fingerprint density at radius 3 is 2.73 bits per heavy atom. The zero-order chi connectivity index (χ0) is 22.1. The van der Waals surface area contributed by atoms with Gasteiger partial charge in [-0.05, 0) is 31.4 Å². The average Bonchev–Trinajstić information content (AvgIpc) is 3.19. The smallest absolute Gasteiger partial charge is 0.422 e. The maximum Gasteiger partial charge on any atom is 0.422 e. The van der Waals surface area contributed by atoms with E-state index < -0.39 is 12.8 Å². The number of rotatable bonds is 8. The Hall–Kier alpha value is -2.49. The molecule has 0 aromatic heterocycles. The van der Waals surface area contributed by atoms with Gasteiger partial charge in [0.25, 0.3) is 0 Å². The lowest BCUT2D eigenvalue weighted by Crippen LogP contribution is -2.45. The van der Waals surface area contributed by atoms with E-state index in [-0.39, 0.29) is 30.9 Å². The van der Waals surface area contributed by atoms with Crippen molar-refractivity contribution in [3.63, 3.8) is 0 Å². The Labute approximate surface area is 174 Å². The van der Waals surface area contributed by atoms with E-state index in [9.17, 15) is 18.0 Å². The van der Waals surface area contributed by atoms with Crippen LogP contribution in [0.2, 0.25) is 0 Å². The minimum Gasteiger partial charge on any atom is -0.484 e. The predicted molar refractivity (Wildman–Crippen MR) is 108 cm³/mol. The third-order valence-corrected chi connectivity index (χ3v) is 4.45. The van der Waals surface area contributed by atoms with Crippen molar-refractivity contribution >= 4 is 11.9 Å². The molecule has 0 radical (unpaired) electrons. The van der Waals surface area contributed by atoms with Gasteiger partial charge < -0.3 is 25.0 Å². The normalized spacial score (nSPS) is 17.0. The number of nitrogens with zero attached hydrogens (tertiary/aromatic N) is 2. The largest absolute Gasteiger partial charge is 0.484 e. The number of carbonyl (C=O) groups excluding carboxylic acids is 1. The molecule has 1 amide bonds. The Bertz CT molecular complexity index is 732. The number of aliphatic imine (C=N–C) groups is 1. The van der Waals surface area contributed by atoms with Gasteiger partial charge in [-0.1, -0.05) is 12.1 Å². The molecule has 2 rings (SSSR count). The van der Waals surface area contributed by atoms with E-state index in [0.29, 0.717) is 24.7 Å². The maximum absolute atomic E-state index is 12.6. The van der Waals surface area contributed by atoms with Gasteiger partial charge in [-0.25, -0.2) is 4.99 Å². The molecule has 0 spiro atoms. The van der Waals surface area contributed by atoms with E-state index in [0.717, 1.165) is 18.4 Å². The van der Waals surface area contributed by atoms with Crippen LogP contribution in [0.15, 0.2) is 23.2 Å². The third-order valence-electron chi connectivity index (χ3n) is 4.45. The van der Waals surface area contributed by atoms with Crippen molar-refractivity contribution in [3.05, 3.63) is 29.3 Å². The molecule has 1 aromatic rings. The molecule has 30 heavy (non-hydrogen) atoms. The molecule has 0 bridgehead atoms. The van der Waals surface area contributed by atoms with Crippen molar-refractivity contribution < 1.29 is 27.4 Å². The van der Waals surface area contributed by atoms with Crippen LogP contribution in [-0.4, -0.2) is 69.4 Å². The fourth-order valence-corrected chi connectivity index (χ4v) is 2.76. The predicted octanol–water partition coefficient (Wildman–Crippen LogP) is 2.24. The van der Waals surface area contributed by atoms with Crippen LogP contribution in [0.4, 0.5) is 13.2 Å². The van der Waals surface area contributed by atoms with E-state index in [1.165, 1.54) is 4.90 Å². The summed E-state index contributed by atoms with van der Waals surface area (Å²) < 4.78 is 48.2. The quantitative estimate of drug-likeness (QED) is 0.489. The first kappa shape index (κ1) is 23.8. The third kappa shape index (κ3) is 8.48. The highest BCUT2D eigenvalue weighted by Crippen LogP contribution is 2.24. The van der Waals surface area contributed by atoms with Gasteiger partial charge >= 0.3 is 6.18 Å². The molecule has 1 saturated heterocycles. The zero-order valence-corrected chi connectivity index (χ0v) is 17.5. The Balaban J connectivity index is 2.08. The fraction of sp³-hybridized carbons (Fsp3) is 0.600. The molecule has 7 nitrogen and oxygen atoms in total. The van der Waals surface area contributed by atoms with Gasteiger partial charge in [-0.15, -0.1) is 0 Å². The average molecular weight is 430 g/mol. The topological polar surface area (TPSA) is 75.2 Å². The Kier molecular flexibility index (Phi) is 8.76. The molecular formula is C20H29F3N4O3. The number of halogens is 3. The van der Waals surface area contributed by atoms with Crippen LogP contribution in [0.25, 0.3) is 0 Å². The van der Waals surface area contributed by atoms with Crippen LogP contribution in [0.5, 0.6) is 5.75 Å². The van der Waals surface area contributed by atoms with Crippen LogP contribution in [-0.2, 0) is 16.1 Å². The summed E-state index contributed by atoms with van der Waals surface area (Å²) in [6.07, 6.45) is -2.43. The van der Waals surface area contributed by atoms with Gasteiger partial charge in [0.2, 0.25) is 5.91 Å². The second-order valence-corrected chi connectivity index (χ2v) is 7.34. The number of aryl methyl sites for hydroxylation is 1. The summed E-state index contributed by atoms with van der Waals surface area (Å²) >= 11 is 0. The lowest BCUT2D eigenvalue weighted by atomic mass is 10.1. The van der Waals surface area contributed by atoms with E-state index in [1.54, 1.807) is 39.2 Å². The van der Waals surface area contributed by atoms with E-state index in [4.69, 9.17) is 9.47 Å². The molecule has 168 valence electrons. The van der Waals surface area contributed by atoms with E-state index >= 15 is 0 Å². The van der Waals surface area contributed by atoms with Crippen LogP contribution in [0.3, 0.4) is 0 Å². The molecule has 1 aromatic carbocycles. The molecule has 1 aliphatic heterocycles. The van der Waals surface area contributed by atoms with Crippen LogP contribution in [0, 0.1) is 6.92 Å². The molecule has 1 aliphatic rings. The molecular weight excluding hydrogens is 401 g/mol. The first-order valence-corrected chi connectivity index (χ1v) is 9.77. The summed E-state index contributed by atoms with van der Waals surface area (Å²) in [5.74, 6) is 0.383. The summed E-state index contributed by atoms with van der Waals surface area (Å²) in [4.78, 5) is 17.8. The maximum atomic E-state index is 12.6. The Morgan fingerprint density at radius 2 is 2.10 bits per heavy atom. The second kappa shape index (κ2) is 11.1. The number of carbonyl (C=O) groups is 1. The fourth-order valence-electron chi connectivity index (χ4n) is 2.76. The summed E-state index contributed by atoms with van der Waals surface area (Å²) in [7, 11) is 3.30. The standard InChI is InChI=1S/C20H29F3N4O3/c1-14-6-7-15(17(9-14)30-13-20(21,22)23)10-24-19(26-12-18(28)27(2)3)25-11-16-5-4-8-29-16/h6-7,9,16H,4-5,8,10-13H2,1-3H3,(H2,24,25,26). The first-order valence-electron chi connectivity index (χ1n) is 9.77. The molecule has 1 heterocycles. The van der Waals surface area contributed by atoms with E-state index in [2.05, 4.69) is 15.6 Å². The molecule has 0 aliphatic carbocycles. The zero-order valence-electron chi connectivity index (χ0n) is 17.5. The van der Waals surface area contributed by atoms with Gasteiger partial charge in [-0.2, -0.15) is 13.2 Å². The van der Waals surface area contributed by atoms with Gasteiger partial charge in [0.05, 0.1) is 19.2 Å². The highest BCUT2D eigenvalue weighted by atomic mass is 19.4. The number of likely N-dealkylation sites (N-methyl/N-ethyl adjacent to an activating group) is 1. The van der Waals surface area contributed by atoms with Crippen molar-refractivity contribution in [1.29, 1.82) is 0 Å². The number of hydrogen-bond acceptors (Lipinski definition) is 4. The van der Waals surface area contributed by atoms with Crippen molar-refractivity contribution in [1.82, 2.24) is 15.5 Å². The lowest BCUT2D eigenvalue weighted by molar-refractivity contribution is -0.153. The highest BCUT2D eigenvalue weighted by Gasteiger charge is 2.28. The molecule has 2 N–H and O–H groups in total. The van der Waals surface area contributed by atoms with Crippen molar-refractivity contribution in [2.24, 2.45) is 4.99 Å². The monoisotopic (exact) mass is 430 g/mol. The SMILES string of the molecule is Cc1ccc(CN=C(NCC(=O)N(C)C)NCC2CCCO2)c(OCC(F)(F)F)c1. The summed E-state index contributed by atoms with van der Waals surface area (Å²) in [5, 5.41) is 6.09. The van der Waals surface area contributed by atoms with Crippen molar-refractivity contribution in [2.75, 3.05) is 40.4 Å². The van der Waals surface area contributed by atoms with Crippen molar-refractivity contribution in [3.8, 4) is 5.75 Å². The first-order chi connectivity index (χ1) is 14.1. The van der Waals surface area contributed by atoms with Crippen LogP contribution < -0.4 is 15.4 Å². The second-order valence-electron chi connectivity index (χ2n) is 7.34. The number of guanidine groups is 1. The van der Waals surface area contributed by atoms with Crippen molar-refractivity contribution in [2.45, 2.75) is 38.6 Å². The van der Waals surface area contributed by atoms with Crippen LogP contribution in [0.1, 0.15) is 24.0 Å². The molecule has 1 unspecified atom stereocenters. The van der Waals surface area contributed by atoms with Gasteiger partial charge in [0.15, 0.2) is 12.6 Å². The number of nitrogens with one attached hydrogen (secondary N) is 2. The summed E-state index contributed by atoms with van der Waals surface area (Å²) in [5.41, 5.74) is 1.30. The van der Waals surface area contributed by atoms with Crippen LogP contribution >= 0.6 is 0 Å². The number of ether oxygens (including phenoxy) is 2. The van der Waals surface area contributed by atoms with Gasteiger partial charge in [0, 0.05) is 32.8 Å². The molecule has 10 heteroatoms. The summed E-state index contributed by atoms with van der Waals surface area (Å²) in [6, 6.07) is 5.03. The Morgan fingerprint density at radius 1 is 1.33 bits per heavy atom. The van der Waals surface area contributed by atoms with Gasteiger partial charge in [0.1, 0.15) is 5.75 Å². The number of hydrogen-bond donors (Lipinski definition) is 2.